The molecule has 6 nitrogen and oxygen atoms in total. The minimum Gasteiger partial charge on any atom is -0.481 e. The Bertz CT molecular complexity index is 409. The van der Waals surface area contributed by atoms with Gasteiger partial charge in [0.25, 0.3) is 0 Å². The van der Waals surface area contributed by atoms with Gasteiger partial charge in [-0.3, -0.25) is 9.69 Å². The normalized spacial score (nSPS) is 30.9. The lowest BCUT2D eigenvalue weighted by Gasteiger charge is -2.32. The molecule has 2 amide bonds. The topological polar surface area (TPSA) is 64.1 Å². The van der Waals surface area contributed by atoms with Crippen molar-refractivity contribution in [2.24, 2.45) is 5.92 Å². The maximum atomic E-state index is 12.5. The fourth-order valence-corrected chi connectivity index (χ4v) is 3.83. The van der Waals surface area contributed by atoms with Crippen LogP contribution in [0.2, 0.25) is 0 Å². The summed E-state index contributed by atoms with van der Waals surface area (Å²) in [7, 11) is 0. The number of carbonyl (C=O) groups is 2. The minimum absolute atomic E-state index is 0.0401. The monoisotopic (exact) mass is 295 g/mol. The number of aliphatic carboxylic acids is 1. The van der Waals surface area contributed by atoms with Gasteiger partial charge in [0, 0.05) is 32.2 Å². The van der Waals surface area contributed by atoms with E-state index in [1.807, 2.05) is 4.90 Å². The van der Waals surface area contributed by atoms with Crippen LogP contribution in [0.25, 0.3) is 0 Å². The summed E-state index contributed by atoms with van der Waals surface area (Å²) in [4.78, 5) is 29.6. The van der Waals surface area contributed by atoms with E-state index in [9.17, 15) is 9.59 Å². The summed E-state index contributed by atoms with van der Waals surface area (Å²) in [5.74, 6) is -1.16. The second kappa shape index (κ2) is 6.22. The molecule has 1 N–H and O–H groups in total. The summed E-state index contributed by atoms with van der Waals surface area (Å²) in [6.45, 7) is 4.91. The van der Waals surface area contributed by atoms with Gasteiger partial charge in [0.15, 0.2) is 0 Å². The third kappa shape index (κ3) is 3.15. The smallest absolute Gasteiger partial charge is 0.320 e. The molecule has 3 fully saturated rings. The van der Waals surface area contributed by atoms with Gasteiger partial charge >= 0.3 is 12.0 Å². The molecule has 3 rings (SSSR count). The maximum Gasteiger partial charge on any atom is 0.320 e. The van der Waals surface area contributed by atoms with Gasteiger partial charge in [-0.05, 0) is 38.8 Å². The van der Waals surface area contributed by atoms with Crippen LogP contribution in [0.4, 0.5) is 4.79 Å². The van der Waals surface area contributed by atoms with E-state index in [1.165, 1.54) is 19.3 Å². The first-order valence-corrected chi connectivity index (χ1v) is 8.16. The molecule has 3 heterocycles. The SMILES string of the molecule is O=C(O)C1CCN(C(=O)N2CCC(N3CCCCC3)C2)C1. The Morgan fingerprint density at radius 3 is 2.19 bits per heavy atom. The molecule has 0 aromatic carbocycles. The van der Waals surface area contributed by atoms with Gasteiger partial charge in [-0.15, -0.1) is 0 Å². The van der Waals surface area contributed by atoms with Crippen molar-refractivity contribution in [3.8, 4) is 0 Å². The lowest BCUT2D eigenvalue weighted by Crippen LogP contribution is -2.45. The fourth-order valence-electron chi connectivity index (χ4n) is 3.83. The van der Waals surface area contributed by atoms with Crippen LogP contribution in [-0.4, -0.2) is 77.1 Å². The quantitative estimate of drug-likeness (QED) is 0.828. The number of urea groups is 1. The van der Waals surface area contributed by atoms with Crippen LogP contribution >= 0.6 is 0 Å². The van der Waals surface area contributed by atoms with Crippen molar-refractivity contribution in [1.29, 1.82) is 0 Å². The first-order chi connectivity index (χ1) is 10.1. The van der Waals surface area contributed by atoms with Crippen LogP contribution in [0.15, 0.2) is 0 Å². The van der Waals surface area contributed by atoms with Gasteiger partial charge < -0.3 is 14.9 Å². The molecule has 6 heteroatoms. The predicted molar refractivity (Wildman–Crippen MR) is 78.1 cm³/mol. The van der Waals surface area contributed by atoms with Crippen LogP contribution in [-0.2, 0) is 4.79 Å². The van der Waals surface area contributed by atoms with Gasteiger partial charge in [-0.25, -0.2) is 4.79 Å². The first kappa shape index (κ1) is 14.6. The summed E-state index contributed by atoms with van der Waals surface area (Å²) in [5.41, 5.74) is 0. The molecular weight excluding hydrogens is 270 g/mol. The highest BCUT2D eigenvalue weighted by molar-refractivity contribution is 5.77. The molecule has 3 aliphatic heterocycles. The number of piperidine rings is 1. The fraction of sp³-hybridized carbons (Fsp3) is 0.867. The Balaban J connectivity index is 1.51. The molecule has 0 saturated carbocycles. The van der Waals surface area contributed by atoms with Gasteiger partial charge in [0.1, 0.15) is 0 Å². The average molecular weight is 295 g/mol. The number of carboxylic acid groups (broad SMARTS) is 1. The summed E-state index contributed by atoms with van der Waals surface area (Å²) in [6.07, 6.45) is 5.52. The van der Waals surface area contributed by atoms with E-state index in [2.05, 4.69) is 4.90 Å². The number of likely N-dealkylation sites (tertiary alicyclic amines) is 3. The zero-order valence-electron chi connectivity index (χ0n) is 12.5. The second-order valence-electron chi connectivity index (χ2n) is 6.54. The molecule has 0 aliphatic carbocycles. The molecule has 2 atom stereocenters. The van der Waals surface area contributed by atoms with E-state index in [-0.39, 0.29) is 11.9 Å². The summed E-state index contributed by atoms with van der Waals surface area (Å²) in [5, 5.41) is 9.03. The van der Waals surface area contributed by atoms with E-state index in [4.69, 9.17) is 5.11 Å². The number of rotatable bonds is 2. The minimum atomic E-state index is -0.780. The van der Waals surface area contributed by atoms with Crippen molar-refractivity contribution in [3.63, 3.8) is 0 Å². The van der Waals surface area contributed by atoms with Gasteiger partial charge in [0.2, 0.25) is 0 Å². The molecule has 0 aromatic heterocycles. The van der Waals surface area contributed by atoms with Crippen LogP contribution in [0.5, 0.6) is 0 Å². The summed E-state index contributed by atoms with van der Waals surface area (Å²) in [6, 6.07) is 0.547. The number of hydrogen-bond acceptors (Lipinski definition) is 3. The van der Waals surface area contributed by atoms with Crippen molar-refractivity contribution in [2.75, 3.05) is 39.3 Å². The molecule has 21 heavy (non-hydrogen) atoms. The Labute approximate surface area is 125 Å². The molecular formula is C15H25N3O3. The molecule has 0 radical (unpaired) electrons. The van der Waals surface area contributed by atoms with Crippen LogP contribution < -0.4 is 0 Å². The zero-order valence-corrected chi connectivity index (χ0v) is 12.5. The highest BCUT2D eigenvalue weighted by Crippen LogP contribution is 2.23. The Morgan fingerprint density at radius 1 is 0.857 bits per heavy atom. The maximum absolute atomic E-state index is 12.5. The van der Waals surface area contributed by atoms with Gasteiger partial charge in [-0.1, -0.05) is 6.42 Å². The second-order valence-corrected chi connectivity index (χ2v) is 6.54. The highest BCUT2D eigenvalue weighted by atomic mass is 16.4. The number of amides is 2. The molecule has 0 spiro atoms. The summed E-state index contributed by atoms with van der Waals surface area (Å²) >= 11 is 0. The Hall–Kier alpha value is -1.30. The number of hydrogen-bond donors (Lipinski definition) is 1. The molecule has 0 aromatic rings. The number of nitrogens with zero attached hydrogens (tertiary/aromatic N) is 3. The van der Waals surface area contributed by atoms with E-state index in [0.29, 0.717) is 25.6 Å². The Kier molecular flexibility index (Phi) is 4.33. The van der Waals surface area contributed by atoms with Crippen molar-refractivity contribution >= 4 is 12.0 Å². The van der Waals surface area contributed by atoms with Crippen LogP contribution in [0.3, 0.4) is 0 Å². The van der Waals surface area contributed by atoms with E-state index in [0.717, 1.165) is 32.6 Å². The van der Waals surface area contributed by atoms with Crippen LogP contribution in [0, 0.1) is 5.92 Å². The molecule has 0 bridgehead atoms. The zero-order chi connectivity index (χ0) is 14.8. The highest BCUT2D eigenvalue weighted by Gasteiger charge is 2.36. The average Bonchev–Trinajstić information content (AvgIpc) is 3.17. The number of carbonyl (C=O) groups excluding carboxylic acids is 1. The van der Waals surface area contributed by atoms with E-state index < -0.39 is 5.97 Å². The first-order valence-electron chi connectivity index (χ1n) is 8.16. The lowest BCUT2D eigenvalue weighted by molar-refractivity contribution is -0.141. The van der Waals surface area contributed by atoms with E-state index >= 15 is 0 Å². The summed E-state index contributed by atoms with van der Waals surface area (Å²) < 4.78 is 0. The van der Waals surface area contributed by atoms with Crippen LogP contribution in [0.1, 0.15) is 32.1 Å². The lowest BCUT2D eigenvalue weighted by atomic mass is 10.1. The third-order valence-electron chi connectivity index (χ3n) is 5.15. The van der Waals surface area contributed by atoms with Crippen molar-refractivity contribution in [1.82, 2.24) is 14.7 Å². The third-order valence-corrected chi connectivity index (χ3v) is 5.15. The molecule has 2 unspecified atom stereocenters. The molecule has 118 valence electrons. The van der Waals surface area contributed by atoms with E-state index in [1.54, 1.807) is 4.90 Å². The van der Waals surface area contributed by atoms with Crippen molar-refractivity contribution < 1.29 is 14.7 Å². The predicted octanol–water partition coefficient (Wildman–Crippen LogP) is 1.07. The molecule has 3 saturated heterocycles. The Morgan fingerprint density at radius 2 is 1.52 bits per heavy atom. The van der Waals surface area contributed by atoms with Crippen molar-refractivity contribution in [2.45, 2.75) is 38.1 Å². The van der Waals surface area contributed by atoms with Crippen molar-refractivity contribution in [3.05, 3.63) is 0 Å². The van der Waals surface area contributed by atoms with Gasteiger partial charge in [0.05, 0.1) is 5.92 Å². The molecule has 3 aliphatic rings. The largest absolute Gasteiger partial charge is 0.481 e. The van der Waals surface area contributed by atoms with Gasteiger partial charge in [-0.2, -0.15) is 0 Å². The number of carboxylic acids is 1. The standard InChI is InChI=1S/C15H25N3O3/c19-14(20)12-4-8-17(10-12)15(21)18-9-5-13(11-18)16-6-2-1-3-7-16/h12-13H,1-11H2,(H,19,20).